The van der Waals surface area contributed by atoms with E-state index >= 15 is 0 Å². The average molecular weight is 473 g/mol. The smallest absolute Gasteiger partial charge is 0.317 e. The Kier molecular flexibility index (Phi) is 5.24. The molecule has 9 nitrogen and oxygen atoms in total. The summed E-state index contributed by atoms with van der Waals surface area (Å²) in [7, 11) is -1.62. The first-order valence-corrected chi connectivity index (χ1v) is 13.2. The van der Waals surface area contributed by atoms with Crippen LogP contribution in [0.2, 0.25) is 0 Å². The lowest BCUT2D eigenvalue weighted by Gasteiger charge is -2.36. The third-order valence-electron chi connectivity index (χ3n) is 6.92. The summed E-state index contributed by atoms with van der Waals surface area (Å²) in [5.41, 5.74) is 4.40. The zero-order valence-corrected chi connectivity index (χ0v) is 19.6. The zero-order valence-electron chi connectivity index (χ0n) is 18.7. The van der Waals surface area contributed by atoms with Crippen molar-refractivity contribution >= 4 is 27.1 Å². The molecule has 4 heterocycles. The van der Waals surface area contributed by atoms with Crippen LogP contribution in [0.3, 0.4) is 0 Å². The summed E-state index contributed by atoms with van der Waals surface area (Å²) < 4.78 is 26.0. The molecule has 1 fully saturated rings. The molecular formula is C23H28N4O5S. The van der Waals surface area contributed by atoms with Gasteiger partial charge in [0.05, 0.1) is 29.6 Å². The second-order valence-corrected chi connectivity index (χ2v) is 11.5. The number of hydrogen-bond donors (Lipinski definition) is 2. The number of hydrogen-bond acceptors (Lipinski definition) is 7. The maximum Gasteiger partial charge on any atom is 0.317 e. The third kappa shape index (κ3) is 3.91. The molecule has 1 aromatic heterocycles. The van der Waals surface area contributed by atoms with E-state index in [-0.39, 0.29) is 29.9 Å². The fourth-order valence-electron chi connectivity index (χ4n) is 5.59. The molecule has 2 unspecified atom stereocenters. The van der Waals surface area contributed by atoms with Gasteiger partial charge in [0.25, 0.3) is 5.56 Å². The van der Waals surface area contributed by atoms with Gasteiger partial charge < -0.3 is 19.9 Å². The number of fused-ring (bicyclic) bond motifs is 2. The summed E-state index contributed by atoms with van der Waals surface area (Å²) in [6, 6.07) is 2.07. The second kappa shape index (κ2) is 7.88. The molecule has 1 saturated heterocycles. The molecule has 0 aromatic carbocycles. The average Bonchev–Trinajstić information content (AvgIpc) is 3.29. The van der Waals surface area contributed by atoms with Crippen LogP contribution in [-0.2, 0) is 21.7 Å². The van der Waals surface area contributed by atoms with Gasteiger partial charge in [-0.1, -0.05) is 0 Å². The van der Waals surface area contributed by atoms with Gasteiger partial charge in [-0.05, 0) is 41.7 Å². The van der Waals surface area contributed by atoms with Gasteiger partial charge >= 0.3 is 5.97 Å². The number of aliphatic carboxylic acids is 1. The van der Waals surface area contributed by atoms with E-state index in [4.69, 9.17) is 5.11 Å². The van der Waals surface area contributed by atoms with Gasteiger partial charge in [-0.15, -0.1) is 0 Å². The Morgan fingerprint density at radius 3 is 2.82 bits per heavy atom. The SMILES string of the molecule is Cn1ccc2c(c1=O)C1=C3C(=CN(C4CCN(CC(=O)O)C4)C3CCN1)C=C2CS(C)(=O)=O. The van der Waals surface area contributed by atoms with Gasteiger partial charge in [0, 0.05) is 56.9 Å². The zero-order chi connectivity index (χ0) is 23.5. The number of aromatic nitrogens is 1. The third-order valence-corrected chi connectivity index (χ3v) is 7.76. The van der Waals surface area contributed by atoms with Gasteiger partial charge in [-0.3, -0.25) is 14.5 Å². The Hall–Kier alpha value is -2.85. The molecule has 0 spiro atoms. The number of carboxylic acids is 1. The van der Waals surface area contributed by atoms with Crippen LogP contribution in [0, 0.1) is 0 Å². The van der Waals surface area contributed by atoms with Crippen molar-refractivity contribution in [1.29, 1.82) is 0 Å². The summed E-state index contributed by atoms with van der Waals surface area (Å²) in [6.07, 6.45) is 8.61. The molecule has 1 aliphatic carbocycles. The summed E-state index contributed by atoms with van der Waals surface area (Å²) in [5, 5.41) is 12.6. The first kappa shape index (κ1) is 22.0. The summed E-state index contributed by atoms with van der Waals surface area (Å²) in [4.78, 5) is 28.7. The Morgan fingerprint density at radius 1 is 1.30 bits per heavy atom. The lowest BCUT2D eigenvalue weighted by atomic mass is 9.91. The first-order valence-electron chi connectivity index (χ1n) is 11.1. The number of carboxylic acid groups (broad SMARTS) is 1. The van der Waals surface area contributed by atoms with E-state index in [0.29, 0.717) is 29.8 Å². The van der Waals surface area contributed by atoms with Crippen molar-refractivity contribution in [1.82, 2.24) is 19.7 Å². The molecule has 0 radical (unpaired) electrons. The number of allylic oxidation sites excluding steroid dienone is 1. The molecule has 0 bridgehead atoms. The van der Waals surface area contributed by atoms with Crippen LogP contribution in [0.1, 0.15) is 24.0 Å². The van der Waals surface area contributed by atoms with Gasteiger partial charge in [-0.2, -0.15) is 0 Å². The molecule has 0 amide bonds. The monoisotopic (exact) mass is 472 g/mol. The molecule has 176 valence electrons. The number of likely N-dealkylation sites (tertiary alicyclic amines) is 1. The van der Waals surface area contributed by atoms with E-state index in [0.717, 1.165) is 36.2 Å². The van der Waals surface area contributed by atoms with Crippen LogP contribution in [0.5, 0.6) is 0 Å². The van der Waals surface area contributed by atoms with Crippen LogP contribution < -0.4 is 10.9 Å². The van der Waals surface area contributed by atoms with Crippen LogP contribution in [0.25, 0.3) is 11.3 Å². The minimum absolute atomic E-state index is 0.0307. The Balaban J connectivity index is 1.63. The molecule has 4 aliphatic rings. The molecule has 10 heteroatoms. The van der Waals surface area contributed by atoms with E-state index in [1.54, 1.807) is 13.2 Å². The number of aryl methyl sites for hydroxylation is 1. The minimum Gasteiger partial charge on any atom is -0.480 e. The van der Waals surface area contributed by atoms with Crippen molar-refractivity contribution in [2.24, 2.45) is 7.05 Å². The summed E-state index contributed by atoms with van der Waals surface area (Å²) in [6.45, 7) is 2.13. The highest BCUT2D eigenvalue weighted by Crippen LogP contribution is 2.43. The lowest BCUT2D eigenvalue weighted by Crippen LogP contribution is -2.44. The summed E-state index contributed by atoms with van der Waals surface area (Å²) in [5.74, 6) is -0.973. The first-order chi connectivity index (χ1) is 15.6. The van der Waals surface area contributed by atoms with Crippen LogP contribution >= 0.6 is 0 Å². The highest BCUT2D eigenvalue weighted by molar-refractivity contribution is 7.91. The van der Waals surface area contributed by atoms with E-state index in [2.05, 4.69) is 16.4 Å². The molecule has 2 N–H and O–H groups in total. The van der Waals surface area contributed by atoms with Gasteiger partial charge in [0.15, 0.2) is 9.84 Å². The maximum absolute atomic E-state index is 13.3. The van der Waals surface area contributed by atoms with Crippen molar-refractivity contribution < 1.29 is 18.3 Å². The Labute approximate surface area is 192 Å². The van der Waals surface area contributed by atoms with E-state index < -0.39 is 15.8 Å². The molecule has 5 rings (SSSR count). The number of rotatable bonds is 5. The number of nitrogens with zero attached hydrogens (tertiary/aromatic N) is 3. The number of nitrogens with one attached hydrogen (secondary N) is 1. The van der Waals surface area contributed by atoms with E-state index in [9.17, 15) is 18.0 Å². The quantitative estimate of drug-likeness (QED) is 0.628. The highest BCUT2D eigenvalue weighted by Gasteiger charge is 2.42. The Morgan fingerprint density at radius 2 is 2.09 bits per heavy atom. The normalized spacial score (nSPS) is 24.6. The molecule has 2 atom stereocenters. The predicted octanol–water partition coefficient (Wildman–Crippen LogP) is 0.258. The number of pyridine rings is 1. The van der Waals surface area contributed by atoms with Gasteiger partial charge in [0.2, 0.25) is 0 Å². The summed E-state index contributed by atoms with van der Waals surface area (Å²) >= 11 is 0. The van der Waals surface area contributed by atoms with Crippen molar-refractivity contribution in [2.45, 2.75) is 24.9 Å². The second-order valence-electron chi connectivity index (χ2n) is 9.38. The molecule has 3 aliphatic heterocycles. The van der Waals surface area contributed by atoms with Crippen molar-refractivity contribution in [2.75, 3.05) is 38.2 Å². The lowest BCUT2D eigenvalue weighted by molar-refractivity contribution is -0.138. The van der Waals surface area contributed by atoms with Crippen molar-refractivity contribution in [3.05, 3.63) is 57.2 Å². The highest BCUT2D eigenvalue weighted by atomic mass is 32.2. The maximum atomic E-state index is 13.3. The standard InChI is InChI=1S/C23H28N4O5S/c1-25-7-5-17-15(13-33(2,31)32)9-14-10-27(16-4-8-26(11-16)12-19(28)29)18-3-6-24-22(20(14)18)21(17)23(25)30/h5,7,9-10,16,18,24H,3-4,6,8,11-13H2,1-2H3,(H,28,29). The van der Waals surface area contributed by atoms with Crippen LogP contribution in [-0.4, -0.2) is 84.1 Å². The topological polar surface area (TPSA) is 112 Å². The predicted molar refractivity (Wildman–Crippen MR) is 125 cm³/mol. The fourth-order valence-corrected chi connectivity index (χ4v) is 6.39. The van der Waals surface area contributed by atoms with Gasteiger partial charge in [-0.25, -0.2) is 8.42 Å². The van der Waals surface area contributed by atoms with Crippen LogP contribution in [0.4, 0.5) is 0 Å². The molecular weight excluding hydrogens is 444 g/mol. The van der Waals surface area contributed by atoms with Crippen LogP contribution in [0.15, 0.2) is 40.5 Å². The number of sulfone groups is 1. The molecule has 33 heavy (non-hydrogen) atoms. The van der Waals surface area contributed by atoms with Crippen molar-refractivity contribution in [3.63, 3.8) is 0 Å². The fraction of sp³-hybridized carbons (Fsp3) is 0.478. The molecule has 0 saturated carbocycles. The molecule has 1 aromatic rings. The number of carbonyl (C=O) groups is 1. The Bertz CT molecular complexity index is 1290. The van der Waals surface area contributed by atoms with Gasteiger partial charge in [0.1, 0.15) is 0 Å². The van der Waals surface area contributed by atoms with E-state index in [1.807, 2.05) is 17.0 Å². The van der Waals surface area contributed by atoms with Crippen molar-refractivity contribution in [3.8, 4) is 0 Å². The minimum atomic E-state index is -3.32. The van der Waals surface area contributed by atoms with E-state index in [1.165, 1.54) is 10.8 Å². The largest absolute Gasteiger partial charge is 0.480 e.